The SMILES string of the molecule is C=C.C=C(F)/C=C\C. The Kier molecular flexibility index (Phi) is 12.1. The monoisotopic (exact) mass is 114 g/mol. The minimum atomic E-state index is -0.391. The van der Waals surface area contributed by atoms with E-state index >= 15 is 0 Å². The van der Waals surface area contributed by atoms with Crippen molar-refractivity contribution in [2.75, 3.05) is 0 Å². The summed E-state index contributed by atoms with van der Waals surface area (Å²) in [4.78, 5) is 0. The largest absolute Gasteiger partial charge is 0.208 e. The van der Waals surface area contributed by atoms with Crippen LogP contribution in [0.25, 0.3) is 0 Å². The molecule has 0 unspecified atom stereocenters. The molecule has 0 saturated heterocycles. The smallest absolute Gasteiger partial charge is 0.115 e. The van der Waals surface area contributed by atoms with Crippen LogP contribution in [0.15, 0.2) is 37.7 Å². The van der Waals surface area contributed by atoms with Gasteiger partial charge in [-0.3, -0.25) is 0 Å². The maximum atomic E-state index is 11.4. The Morgan fingerprint density at radius 1 is 1.50 bits per heavy atom. The van der Waals surface area contributed by atoms with E-state index in [1.807, 2.05) is 0 Å². The molecule has 0 radical (unpaired) electrons. The highest BCUT2D eigenvalue weighted by molar-refractivity contribution is 5.03. The van der Waals surface area contributed by atoms with E-state index < -0.39 is 5.83 Å². The third kappa shape index (κ3) is 19.2. The molecule has 0 heterocycles. The van der Waals surface area contributed by atoms with Gasteiger partial charge in [0.2, 0.25) is 0 Å². The highest BCUT2D eigenvalue weighted by Gasteiger charge is 1.69. The Balaban J connectivity index is 0. The number of hydrogen-bond donors (Lipinski definition) is 0. The third-order valence-corrected chi connectivity index (χ3v) is 0.348. The van der Waals surface area contributed by atoms with Gasteiger partial charge < -0.3 is 0 Å². The van der Waals surface area contributed by atoms with E-state index in [1.165, 1.54) is 6.08 Å². The van der Waals surface area contributed by atoms with Crippen molar-refractivity contribution >= 4 is 0 Å². The van der Waals surface area contributed by atoms with Gasteiger partial charge in [-0.1, -0.05) is 12.7 Å². The summed E-state index contributed by atoms with van der Waals surface area (Å²) >= 11 is 0. The maximum absolute atomic E-state index is 11.4. The standard InChI is InChI=1S/C5H7F.C2H4/c1-3-4-5(2)6;1-2/h3-4H,2H2,1H3;1-2H2/b4-3-;. The molecule has 0 N–H and O–H groups in total. The van der Waals surface area contributed by atoms with Gasteiger partial charge in [-0.15, -0.1) is 13.2 Å². The average Bonchev–Trinajstić information content (AvgIpc) is 1.72. The molecular formula is C7H11F. The van der Waals surface area contributed by atoms with Gasteiger partial charge in [-0.2, -0.15) is 0 Å². The number of rotatable bonds is 1. The van der Waals surface area contributed by atoms with Crippen molar-refractivity contribution in [1.29, 1.82) is 0 Å². The van der Waals surface area contributed by atoms with E-state index in [9.17, 15) is 4.39 Å². The van der Waals surface area contributed by atoms with Crippen LogP contribution >= 0.6 is 0 Å². The molecule has 0 bridgehead atoms. The molecule has 0 aromatic heterocycles. The van der Waals surface area contributed by atoms with Gasteiger partial charge in [0, 0.05) is 0 Å². The molecule has 0 aliphatic heterocycles. The predicted octanol–water partition coefficient (Wildman–Crippen LogP) is 2.85. The van der Waals surface area contributed by atoms with Crippen molar-refractivity contribution in [1.82, 2.24) is 0 Å². The summed E-state index contributed by atoms with van der Waals surface area (Å²) in [6, 6.07) is 0. The van der Waals surface area contributed by atoms with Crippen molar-refractivity contribution in [3.05, 3.63) is 37.7 Å². The summed E-state index contributed by atoms with van der Waals surface area (Å²) in [6.07, 6.45) is 2.91. The minimum absolute atomic E-state index is 0.391. The van der Waals surface area contributed by atoms with Crippen LogP contribution in [0, 0.1) is 0 Å². The topological polar surface area (TPSA) is 0 Å². The summed E-state index contributed by atoms with van der Waals surface area (Å²) < 4.78 is 11.4. The molecule has 0 rings (SSSR count). The zero-order valence-electron chi connectivity index (χ0n) is 5.15. The molecule has 0 nitrogen and oxygen atoms in total. The summed E-state index contributed by atoms with van der Waals surface area (Å²) in [5.41, 5.74) is 0. The number of allylic oxidation sites excluding steroid dienone is 3. The van der Waals surface area contributed by atoms with Gasteiger partial charge in [0.05, 0.1) is 0 Å². The first-order chi connectivity index (χ1) is 3.77. The molecule has 8 heavy (non-hydrogen) atoms. The van der Waals surface area contributed by atoms with Gasteiger partial charge in [0.1, 0.15) is 5.83 Å². The first kappa shape index (κ1) is 10.2. The Labute approximate surface area is 50.0 Å². The summed E-state index contributed by atoms with van der Waals surface area (Å²) in [6.45, 7) is 10.7. The Hall–Kier alpha value is -0.850. The third-order valence-electron chi connectivity index (χ3n) is 0.348. The van der Waals surface area contributed by atoms with E-state index in [-0.39, 0.29) is 0 Å². The van der Waals surface area contributed by atoms with E-state index in [0.29, 0.717) is 0 Å². The molecule has 0 spiro atoms. The molecule has 0 aromatic carbocycles. The zero-order chi connectivity index (χ0) is 6.99. The van der Waals surface area contributed by atoms with Gasteiger partial charge >= 0.3 is 0 Å². The van der Waals surface area contributed by atoms with Crippen LogP contribution in [0.4, 0.5) is 4.39 Å². The Morgan fingerprint density at radius 3 is 1.88 bits per heavy atom. The molecule has 0 aromatic rings. The normalized spacial score (nSPS) is 7.75. The zero-order valence-corrected chi connectivity index (χ0v) is 5.15. The van der Waals surface area contributed by atoms with Crippen LogP contribution < -0.4 is 0 Å². The lowest BCUT2D eigenvalue weighted by Crippen LogP contribution is -1.51. The summed E-state index contributed by atoms with van der Waals surface area (Å²) in [7, 11) is 0. The second kappa shape index (κ2) is 9.47. The quantitative estimate of drug-likeness (QED) is 0.363. The first-order valence-corrected chi connectivity index (χ1v) is 2.24. The van der Waals surface area contributed by atoms with Crippen molar-refractivity contribution in [2.24, 2.45) is 0 Å². The van der Waals surface area contributed by atoms with Gasteiger partial charge in [0.25, 0.3) is 0 Å². The van der Waals surface area contributed by atoms with Crippen LogP contribution in [0.5, 0.6) is 0 Å². The fraction of sp³-hybridized carbons (Fsp3) is 0.143. The fourth-order valence-corrected chi connectivity index (χ4v) is 0.181. The van der Waals surface area contributed by atoms with Crippen LogP contribution in [0.3, 0.4) is 0 Å². The highest BCUT2D eigenvalue weighted by atomic mass is 19.1. The van der Waals surface area contributed by atoms with Crippen molar-refractivity contribution in [3.63, 3.8) is 0 Å². The van der Waals surface area contributed by atoms with E-state index in [1.54, 1.807) is 13.0 Å². The van der Waals surface area contributed by atoms with Crippen LogP contribution in [0.1, 0.15) is 6.92 Å². The van der Waals surface area contributed by atoms with Crippen molar-refractivity contribution < 1.29 is 4.39 Å². The summed E-state index contributed by atoms with van der Waals surface area (Å²) in [5.74, 6) is -0.391. The molecule has 0 saturated carbocycles. The molecule has 0 atom stereocenters. The Bertz CT molecular complexity index is 82.4. The highest BCUT2D eigenvalue weighted by Crippen LogP contribution is 1.89. The predicted molar refractivity (Wildman–Crippen MR) is 36.3 cm³/mol. The van der Waals surface area contributed by atoms with E-state index in [4.69, 9.17) is 0 Å². The molecule has 0 aliphatic carbocycles. The fourth-order valence-electron chi connectivity index (χ4n) is 0.181. The molecular weight excluding hydrogens is 103 g/mol. The number of halogens is 1. The molecule has 0 aliphatic rings. The molecule has 0 fully saturated rings. The van der Waals surface area contributed by atoms with Crippen molar-refractivity contribution in [2.45, 2.75) is 6.92 Å². The second-order valence-corrected chi connectivity index (χ2v) is 0.947. The lowest BCUT2D eigenvalue weighted by atomic mass is 10.5. The molecule has 1 heteroatoms. The maximum Gasteiger partial charge on any atom is 0.115 e. The summed E-state index contributed by atoms with van der Waals surface area (Å²) in [5, 5.41) is 0. The minimum Gasteiger partial charge on any atom is -0.208 e. The van der Waals surface area contributed by atoms with Crippen LogP contribution in [-0.4, -0.2) is 0 Å². The Morgan fingerprint density at radius 2 is 1.88 bits per heavy atom. The number of hydrogen-bond acceptors (Lipinski definition) is 0. The van der Waals surface area contributed by atoms with Crippen LogP contribution in [-0.2, 0) is 0 Å². The van der Waals surface area contributed by atoms with Gasteiger partial charge in [0.15, 0.2) is 0 Å². The van der Waals surface area contributed by atoms with Gasteiger partial charge in [-0.05, 0) is 13.0 Å². The first-order valence-electron chi connectivity index (χ1n) is 2.24. The van der Waals surface area contributed by atoms with E-state index in [0.717, 1.165) is 0 Å². The average molecular weight is 114 g/mol. The van der Waals surface area contributed by atoms with E-state index in [2.05, 4.69) is 19.7 Å². The van der Waals surface area contributed by atoms with Gasteiger partial charge in [-0.25, -0.2) is 4.39 Å². The molecule has 0 amide bonds. The lowest BCUT2D eigenvalue weighted by Gasteiger charge is -1.70. The second-order valence-electron chi connectivity index (χ2n) is 0.947. The molecule has 46 valence electrons. The van der Waals surface area contributed by atoms with Crippen molar-refractivity contribution in [3.8, 4) is 0 Å². The van der Waals surface area contributed by atoms with Crippen LogP contribution in [0.2, 0.25) is 0 Å². The lowest BCUT2D eigenvalue weighted by molar-refractivity contribution is 0.671.